The van der Waals surface area contributed by atoms with Gasteiger partial charge in [-0.15, -0.1) is 0 Å². The van der Waals surface area contributed by atoms with Gasteiger partial charge >= 0.3 is 0 Å². The molecule has 0 fully saturated rings. The van der Waals surface area contributed by atoms with Gasteiger partial charge in [0.15, 0.2) is 5.82 Å². The quantitative estimate of drug-likeness (QED) is 0.452. The van der Waals surface area contributed by atoms with Gasteiger partial charge in [0.05, 0.1) is 10.9 Å². The van der Waals surface area contributed by atoms with Crippen LogP contribution in [0.1, 0.15) is 5.56 Å². The van der Waals surface area contributed by atoms with E-state index in [1.54, 1.807) is 0 Å². The zero-order valence-corrected chi connectivity index (χ0v) is 15.0. The highest BCUT2D eigenvalue weighted by atomic mass is 79.9. The lowest BCUT2D eigenvalue weighted by atomic mass is 10.2. The molecule has 3 nitrogen and oxygen atoms in total. The first-order chi connectivity index (χ1) is 12.3. The zero-order valence-electron chi connectivity index (χ0n) is 13.4. The molecule has 4 rings (SSSR count). The summed E-state index contributed by atoms with van der Waals surface area (Å²) in [4.78, 5) is 9.34. The van der Waals surface area contributed by atoms with Gasteiger partial charge in [-0.25, -0.2) is 4.98 Å². The fraction of sp³-hybridized carbons (Fsp3) is 0.0476. The molecule has 122 valence electrons. The fourth-order valence-corrected chi connectivity index (χ4v) is 2.87. The third kappa shape index (κ3) is 3.54. The molecule has 0 saturated heterocycles. The third-order valence-corrected chi connectivity index (χ3v) is 4.42. The van der Waals surface area contributed by atoms with E-state index in [4.69, 9.17) is 4.74 Å². The van der Waals surface area contributed by atoms with Gasteiger partial charge in [0.1, 0.15) is 6.61 Å². The van der Waals surface area contributed by atoms with Crippen molar-refractivity contribution < 1.29 is 4.74 Å². The van der Waals surface area contributed by atoms with Crippen molar-refractivity contribution in [2.75, 3.05) is 0 Å². The Kier molecular flexibility index (Phi) is 4.44. The molecule has 0 saturated carbocycles. The van der Waals surface area contributed by atoms with Crippen molar-refractivity contribution in [3.63, 3.8) is 0 Å². The molecule has 1 aromatic heterocycles. The lowest BCUT2D eigenvalue weighted by Gasteiger charge is -2.10. The maximum Gasteiger partial charge on any atom is 0.225 e. The molecule has 0 amide bonds. The maximum absolute atomic E-state index is 6.04. The normalized spacial score (nSPS) is 10.8. The highest BCUT2D eigenvalue weighted by molar-refractivity contribution is 9.10. The summed E-state index contributed by atoms with van der Waals surface area (Å²) in [6, 6.07) is 25.9. The number of halogens is 1. The van der Waals surface area contributed by atoms with E-state index in [0.717, 1.165) is 26.5 Å². The Labute approximate surface area is 154 Å². The number of aromatic nitrogens is 2. The molecule has 3 aromatic carbocycles. The number of rotatable bonds is 4. The minimum absolute atomic E-state index is 0.461. The summed E-state index contributed by atoms with van der Waals surface area (Å²) in [5.41, 5.74) is 2.94. The predicted octanol–water partition coefficient (Wildman–Crippen LogP) is 5.64. The van der Waals surface area contributed by atoms with Crippen LogP contribution in [0.2, 0.25) is 0 Å². The second-order valence-corrected chi connectivity index (χ2v) is 6.57. The van der Waals surface area contributed by atoms with Gasteiger partial charge in [-0.1, -0.05) is 70.5 Å². The van der Waals surface area contributed by atoms with Crippen molar-refractivity contribution in [2.45, 2.75) is 6.61 Å². The Morgan fingerprint density at radius 2 is 1.48 bits per heavy atom. The van der Waals surface area contributed by atoms with Crippen LogP contribution in [0, 0.1) is 0 Å². The Morgan fingerprint density at radius 1 is 0.760 bits per heavy atom. The number of hydrogen-bond donors (Lipinski definition) is 0. The highest BCUT2D eigenvalue weighted by Gasteiger charge is 2.10. The largest absolute Gasteiger partial charge is 0.472 e. The molecule has 0 bridgehead atoms. The molecule has 0 unspecified atom stereocenters. The second kappa shape index (κ2) is 7.03. The van der Waals surface area contributed by atoms with Gasteiger partial charge in [-0.3, -0.25) is 0 Å². The average Bonchev–Trinajstić information content (AvgIpc) is 2.68. The van der Waals surface area contributed by atoms with Crippen molar-refractivity contribution in [3.05, 3.63) is 88.9 Å². The van der Waals surface area contributed by atoms with E-state index < -0.39 is 0 Å². The third-order valence-electron chi connectivity index (χ3n) is 3.89. The molecule has 4 heteroatoms. The van der Waals surface area contributed by atoms with Crippen LogP contribution in [0.4, 0.5) is 0 Å². The van der Waals surface area contributed by atoms with E-state index in [-0.39, 0.29) is 0 Å². The molecular formula is C21H15BrN2O. The summed E-state index contributed by atoms with van der Waals surface area (Å²) in [7, 11) is 0. The first kappa shape index (κ1) is 15.8. The summed E-state index contributed by atoms with van der Waals surface area (Å²) >= 11 is 3.45. The number of benzene rings is 3. The van der Waals surface area contributed by atoms with E-state index in [1.165, 1.54) is 0 Å². The van der Waals surface area contributed by atoms with Gasteiger partial charge < -0.3 is 4.74 Å². The summed E-state index contributed by atoms with van der Waals surface area (Å²) < 4.78 is 7.09. The van der Waals surface area contributed by atoms with Gasteiger partial charge in [0.25, 0.3) is 0 Å². The van der Waals surface area contributed by atoms with Crippen LogP contribution in [0.15, 0.2) is 83.3 Å². The lowest BCUT2D eigenvalue weighted by Crippen LogP contribution is -2.00. The monoisotopic (exact) mass is 390 g/mol. The predicted molar refractivity (Wildman–Crippen MR) is 103 cm³/mol. The van der Waals surface area contributed by atoms with E-state index in [2.05, 4.69) is 25.9 Å². The van der Waals surface area contributed by atoms with E-state index >= 15 is 0 Å². The molecule has 0 radical (unpaired) electrons. The zero-order chi connectivity index (χ0) is 17.1. The van der Waals surface area contributed by atoms with Crippen molar-refractivity contribution in [1.29, 1.82) is 0 Å². The van der Waals surface area contributed by atoms with Crippen LogP contribution in [-0.2, 0) is 6.61 Å². The molecule has 0 atom stereocenters. The van der Waals surface area contributed by atoms with Gasteiger partial charge in [0.2, 0.25) is 5.88 Å². The molecular weight excluding hydrogens is 376 g/mol. The van der Waals surface area contributed by atoms with Crippen LogP contribution in [0.5, 0.6) is 5.88 Å². The summed E-state index contributed by atoms with van der Waals surface area (Å²) in [6.07, 6.45) is 0. The first-order valence-electron chi connectivity index (χ1n) is 7.99. The second-order valence-electron chi connectivity index (χ2n) is 5.65. The Bertz CT molecular complexity index is 1000. The molecule has 0 aliphatic rings. The van der Waals surface area contributed by atoms with Crippen molar-refractivity contribution in [3.8, 4) is 17.3 Å². The Balaban J connectivity index is 1.72. The van der Waals surface area contributed by atoms with Crippen molar-refractivity contribution >= 4 is 26.8 Å². The molecule has 0 aliphatic carbocycles. The topological polar surface area (TPSA) is 35.0 Å². The van der Waals surface area contributed by atoms with Gasteiger partial charge in [0, 0.05) is 10.0 Å². The van der Waals surface area contributed by atoms with Crippen LogP contribution in [0.25, 0.3) is 22.3 Å². The molecule has 25 heavy (non-hydrogen) atoms. The first-order valence-corrected chi connectivity index (χ1v) is 8.78. The summed E-state index contributed by atoms with van der Waals surface area (Å²) in [6.45, 7) is 0.461. The van der Waals surface area contributed by atoms with Crippen LogP contribution in [-0.4, -0.2) is 9.97 Å². The average molecular weight is 391 g/mol. The number of ether oxygens (including phenoxy) is 1. The minimum Gasteiger partial charge on any atom is -0.472 e. The standard InChI is InChI=1S/C21H15BrN2O/c22-17-12-10-15(11-13-17)14-25-21-18-8-4-5-9-19(18)23-20(24-21)16-6-2-1-3-7-16/h1-13H,14H2. The SMILES string of the molecule is Brc1ccc(COc2nc(-c3ccccc3)nc3ccccc23)cc1. The molecule has 0 spiro atoms. The molecule has 1 heterocycles. The highest BCUT2D eigenvalue weighted by Crippen LogP contribution is 2.27. The van der Waals surface area contributed by atoms with Crippen LogP contribution >= 0.6 is 15.9 Å². The van der Waals surface area contributed by atoms with Crippen LogP contribution < -0.4 is 4.74 Å². The Morgan fingerprint density at radius 3 is 2.28 bits per heavy atom. The van der Waals surface area contributed by atoms with Crippen LogP contribution in [0.3, 0.4) is 0 Å². The number of nitrogens with zero attached hydrogens (tertiary/aromatic N) is 2. The molecule has 4 aromatic rings. The van der Waals surface area contributed by atoms with E-state index in [1.807, 2.05) is 78.9 Å². The fourth-order valence-electron chi connectivity index (χ4n) is 2.61. The summed E-state index contributed by atoms with van der Waals surface area (Å²) in [5.74, 6) is 1.28. The number of hydrogen-bond acceptors (Lipinski definition) is 3. The number of para-hydroxylation sites is 1. The lowest BCUT2D eigenvalue weighted by molar-refractivity contribution is 0.298. The molecule has 0 N–H and O–H groups in total. The maximum atomic E-state index is 6.04. The van der Waals surface area contributed by atoms with Crippen molar-refractivity contribution in [1.82, 2.24) is 9.97 Å². The van der Waals surface area contributed by atoms with E-state index in [0.29, 0.717) is 18.3 Å². The molecule has 0 aliphatic heterocycles. The van der Waals surface area contributed by atoms with E-state index in [9.17, 15) is 0 Å². The minimum atomic E-state index is 0.461. The smallest absolute Gasteiger partial charge is 0.225 e. The summed E-state index contributed by atoms with van der Waals surface area (Å²) in [5, 5.41) is 0.916. The van der Waals surface area contributed by atoms with Gasteiger partial charge in [-0.2, -0.15) is 4.98 Å². The van der Waals surface area contributed by atoms with Gasteiger partial charge in [-0.05, 0) is 29.8 Å². The van der Waals surface area contributed by atoms with Crippen molar-refractivity contribution in [2.24, 2.45) is 0 Å². The number of fused-ring (bicyclic) bond motifs is 1. The Hall–Kier alpha value is -2.72.